The van der Waals surface area contributed by atoms with Crippen LogP contribution in [0.4, 0.5) is 5.69 Å². The summed E-state index contributed by atoms with van der Waals surface area (Å²) in [5.41, 5.74) is 6.45. The molecule has 2 nitrogen and oxygen atoms in total. The second kappa shape index (κ2) is 4.89. The van der Waals surface area contributed by atoms with Gasteiger partial charge >= 0.3 is 0 Å². The minimum absolute atomic E-state index is 0.602. The van der Waals surface area contributed by atoms with Crippen LogP contribution in [-0.2, 0) is 0 Å². The van der Waals surface area contributed by atoms with Crippen molar-refractivity contribution >= 4 is 37.5 Å². The maximum Gasteiger partial charge on any atom is 0.150 e. The number of anilines is 1. The molecule has 0 aliphatic rings. The molecule has 0 aliphatic heterocycles. The minimum Gasteiger partial charge on any atom is -0.454 e. The zero-order chi connectivity index (χ0) is 11.5. The number of ether oxygens (including phenoxy) is 1. The van der Waals surface area contributed by atoms with Crippen molar-refractivity contribution in [3.05, 3.63) is 51.4 Å². The van der Waals surface area contributed by atoms with Gasteiger partial charge < -0.3 is 10.5 Å². The molecule has 0 unspecified atom stereocenters. The summed E-state index contributed by atoms with van der Waals surface area (Å²) in [7, 11) is 0. The molecule has 0 saturated carbocycles. The maximum absolute atomic E-state index is 5.85. The van der Waals surface area contributed by atoms with E-state index in [2.05, 4.69) is 31.9 Å². The van der Waals surface area contributed by atoms with Crippen molar-refractivity contribution in [2.45, 2.75) is 0 Å². The highest BCUT2D eigenvalue weighted by Gasteiger charge is 2.05. The highest BCUT2D eigenvalue weighted by molar-refractivity contribution is 9.10. The fraction of sp³-hybridized carbons (Fsp3) is 0. The molecule has 2 aromatic rings. The van der Waals surface area contributed by atoms with Gasteiger partial charge in [-0.05, 0) is 46.3 Å². The number of rotatable bonds is 2. The van der Waals surface area contributed by atoms with Gasteiger partial charge in [-0.2, -0.15) is 0 Å². The van der Waals surface area contributed by atoms with Gasteiger partial charge in [-0.3, -0.25) is 0 Å². The van der Waals surface area contributed by atoms with E-state index in [1.54, 1.807) is 0 Å². The van der Waals surface area contributed by atoms with E-state index in [-0.39, 0.29) is 0 Å². The molecule has 16 heavy (non-hydrogen) atoms. The molecule has 0 bridgehead atoms. The standard InChI is InChI=1S/C12H9Br2NO/c13-8-5-6-12(10(15)7-8)16-11-4-2-1-3-9(11)14/h1-7H,15H2. The summed E-state index contributed by atoms with van der Waals surface area (Å²) in [5, 5.41) is 0. The molecule has 0 atom stereocenters. The van der Waals surface area contributed by atoms with E-state index >= 15 is 0 Å². The van der Waals surface area contributed by atoms with Crippen LogP contribution in [0.1, 0.15) is 0 Å². The molecule has 0 amide bonds. The van der Waals surface area contributed by atoms with Crippen molar-refractivity contribution in [3.8, 4) is 11.5 Å². The SMILES string of the molecule is Nc1cc(Br)ccc1Oc1ccccc1Br. The molecule has 2 aromatic carbocycles. The van der Waals surface area contributed by atoms with Crippen molar-refractivity contribution in [3.63, 3.8) is 0 Å². The molecule has 4 heteroatoms. The van der Waals surface area contributed by atoms with Gasteiger partial charge in [0.15, 0.2) is 0 Å². The average Bonchev–Trinajstić information content (AvgIpc) is 2.25. The fourth-order valence-corrected chi connectivity index (χ4v) is 2.00. The van der Waals surface area contributed by atoms with Gasteiger partial charge in [0, 0.05) is 4.47 Å². The number of nitrogens with two attached hydrogens (primary N) is 1. The minimum atomic E-state index is 0.602. The topological polar surface area (TPSA) is 35.2 Å². The van der Waals surface area contributed by atoms with E-state index in [0.29, 0.717) is 11.4 Å². The summed E-state index contributed by atoms with van der Waals surface area (Å²) >= 11 is 6.77. The summed E-state index contributed by atoms with van der Waals surface area (Å²) in [6, 6.07) is 13.2. The van der Waals surface area contributed by atoms with Crippen molar-refractivity contribution in [2.75, 3.05) is 5.73 Å². The van der Waals surface area contributed by atoms with E-state index in [9.17, 15) is 0 Å². The predicted octanol–water partition coefficient (Wildman–Crippen LogP) is 4.59. The molecule has 0 spiro atoms. The zero-order valence-electron chi connectivity index (χ0n) is 8.28. The van der Waals surface area contributed by atoms with Crippen molar-refractivity contribution < 1.29 is 4.74 Å². The Labute approximate surface area is 111 Å². The largest absolute Gasteiger partial charge is 0.454 e. The molecule has 0 aliphatic carbocycles. The Bertz CT molecular complexity index is 514. The predicted molar refractivity (Wildman–Crippen MR) is 72.8 cm³/mol. The van der Waals surface area contributed by atoms with E-state index < -0.39 is 0 Å². The van der Waals surface area contributed by atoms with Crippen LogP contribution in [-0.4, -0.2) is 0 Å². The van der Waals surface area contributed by atoms with Crippen LogP contribution in [0.2, 0.25) is 0 Å². The van der Waals surface area contributed by atoms with Gasteiger partial charge in [0.2, 0.25) is 0 Å². The summed E-state index contributed by atoms with van der Waals surface area (Å²) < 4.78 is 7.54. The van der Waals surface area contributed by atoms with Crippen LogP contribution in [0, 0.1) is 0 Å². The first-order valence-electron chi connectivity index (χ1n) is 4.64. The smallest absolute Gasteiger partial charge is 0.150 e. The highest BCUT2D eigenvalue weighted by Crippen LogP contribution is 2.33. The highest BCUT2D eigenvalue weighted by atomic mass is 79.9. The number of para-hydroxylation sites is 1. The molecule has 82 valence electrons. The summed E-state index contributed by atoms with van der Waals surface area (Å²) in [6.07, 6.45) is 0. The number of hydrogen-bond acceptors (Lipinski definition) is 2. The summed E-state index contributed by atoms with van der Waals surface area (Å²) in [5.74, 6) is 1.40. The lowest BCUT2D eigenvalue weighted by molar-refractivity contribution is 0.482. The van der Waals surface area contributed by atoms with E-state index in [4.69, 9.17) is 10.5 Å². The third-order valence-corrected chi connectivity index (χ3v) is 3.18. The first kappa shape index (κ1) is 11.5. The van der Waals surface area contributed by atoms with E-state index in [0.717, 1.165) is 14.7 Å². The molecular weight excluding hydrogens is 334 g/mol. The molecular formula is C12H9Br2NO. The number of hydrogen-bond donors (Lipinski definition) is 1. The maximum atomic E-state index is 5.85. The Morgan fingerprint density at radius 3 is 2.38 bits per heavy atom. The number of benzene rings is 2. The van der Waals surface area contributed by atoms with Crippen LogP contribution in [0.3, 0.4) is 0 Å². The molecule has 2 rings (SSSR count). The van der Waals surface area contributed by atoms with Crippen LogP contribution < -0.4 is 10.5 Å². The fourth-order valence-electron chi connectivity index (χ4n) is 1.26. The second-order valence-corrected chi connectivity index (χ2v) is 4.98. The third-order valence-electron chi connectivity index (χ3n) is 2.03. The van der Waals surface area contributed by atoms with Crippen LogP contribution in [0.15, 0.2) is 51.4 Å². The first-order chi connectivity index (χ1) is 7.66. The van der Waals surface area contributed by atoms with E-state index in [1.165, 1.54) is 0 Å². The van der Waals surface area contributed by atoms with Crippen LogP contribution in [0.25, 0.3) is 0 Å². The Balaban J connectivity index is 2.31. The van der Waals surface area contributed by atoms with Crippen molar-refractivity contribution in [1.29, 1.82) is 0 Å². The number of nitrogen functional groups attached to an aromatic ring is 1. The van der Waals surface area contributed by atoms with Gasteiger partial charge in [0.25, 0.3) is 0 Å². The molecule has 0 radical (unpaired) electrons. The third kappa shape index (κ3) is 2.57. The van der Waals surface area contributed by atoms with E-state index in [1.807, 2.05) is 42.5 Å². The quantitative estimate of drug-likeness (QED) is 0.810. The number of halogens is 2. The normalized spacial score (nSPS) is 10.1. The average molecular weight is 343 g/mol. The Hall–Kier alpha value is -1.00. The lowest BCUT2D eigenvalue weighted by atomic mass is 10.3. The van der Waals surface area contributed by atoms with Crippen molar-refractivity contribution in [2.24, 2.45) is 0 Å². The second-order valence-electron chi connectivity index (χ2n) is 3.21. The van der Waals surface area contributed by atoms with Crippen molar-refractivity contribution in [1.82, 2.24) is 0 Å². The first-order valence-corrected chi connectivity index (χ1v) is 6.23. The Kier molecular flexibility index (Phi) is 3.51. The zero-order valence-corrected chi connectivity index (χ0v) is 11.5. The molecule has 0 aromatic heterocycles. The summed E-state index contributed by atoms with van der Waals surface area (Å²) in [4.78, 5) is 0. The lowest BCUT2D eigenvalue weighted by Crippen LogP contribution is -1.92. The van der Waals surface area contributed by atoms with Gasteiger partial charge in [0.1, 0.15) is 11.5 Å². The van der Waals surface area contributed by atoms with Gasteiger partial charge in [-0.25, -0.2) is 0 Å². The lowest BCUT2D eigenvalue weighted by Gasteiger charge is -2.09. The Morgan fingerprint density at radius 2 is 1.69 bits per heavy atom. The monoisotopic (exact) mass is 341 g/mol. The van der Waals surface area contributed by atoms with Crippen LogP contribution >= 0.6 is 31.9 Å². The Morgan fingerprint density at radius 1 is 0.938 bits per heavy atom. The molecule has 2 N–H and O–H groups in total. The van der Waals surface area contributed by atoms with Gasteiger partial charge in [0.05, 0.1) is 10.2 Å². The van der Waals surface area contributed by atoms with Gasteiger partial charge in [-0.15, -0.1) is 0 Å². The molecule has 0 fully saturated rings. The summed E-state index contributed by atoms with van der Waals surface area (Å²) in [6.45, 7) is 0. The molecule has 0 saturated heterocycles. The van der Waals surface area contributed by atoms with Crippen LogP contribution in [0.5, 0.6) is 11.5 Å². The molecule has 0 heterocycles. The van der Waals surface area contributed by atoms with Gasteiger partial charge in [-0.1, -0.05) is 28.1 Å².